The highest BCUT2D eigenvalue weighted by molar-refractivity contribution is 6.14. The van der Waals surface area contributed by atoms with E-state index >= 15 is 0 Å². The first-order valence-electron chi connectivity index (χ1n) is 7.06. The van der Waals surface area contributed by atoms with Crippen molar-refractivity contribution < 1.29 is 5.11 Å². The second-order valence-electron chi connectivity index (χ2n) is 5.13. The summed E-state index contributed by atoms with van der Waals surface area (Å²) in [6.45, 7) is 1.70. The molecule has 0 saturated heterocycles. The van der Waals surface area contributed by atoms with Gasteiger partial charge in [0.1, 0.15) is 5.75 Å². The molecule has 2 aromatic rings. The van der Waals surface area contributed by atoms with Gasteiger partial charge in [0.15, 0.2) is 0 Å². The van der Waals surface area contributed by atoms with E-state index in [9.17, 15) is 5.11 Å². The van der Waals surface area contributed by atoms with Gasteiger partial charge in [-0.1, -0.05) is 36.4 Å². The molecule has 1 heterocycles. The van der Waals surface area contributed by atoms with Gasteiger partial charge in [-0.25, -0.2) is 0 Å². The van der Waals surface area contributed by atoms with Crippen LogP contribution < -0.4 is 4.90 Å². The Bertz CT molecular complexity index is 704. The molecule has 0 radical (unpaired) electrons. The van der Waals surface area contributed by atoms with Crippen LogP contribution in [0.1, 0.15) is 11.1 Å². The van der Waals surface area contributed by atoms with Crippen LogP contribution in [0.15, 0.2) is 59.6 Å². The fourth-order valence-corrected chi connectivity index (χ4v) is 2.50. The van der Waals surface area contributed by atoms with Gasteiger partial charge < -0.3 is 10.0 Å². The SMILES string of the molecule is CN1CCN=C(/C=C/c2cccc(O)c2)c2ccccc21. The van der Waals surface area contributed by atoms with Crippen LogP contribution in [0.5, 0.6) is 5.75 Å². The smallest absolute Gasteiger partial charge is 0.116 e. The average molecular weight is 278 g/mol. The number of benzodiazepines with no additional fused rings is 1. The van der Waals surface area contributed by atoms with Crippen LogP contribution in [0.25, 0.3) is 6.08 Å². The molecule has 0 spiro atoms. The van der Waals surface area contributed by atoms with Gasteiger partial charge in [0.25, 0.3) is 0 Å². The number of hydrogen-bond donors (Lipinski definition) is 1. The van der Waals surface area contributed by atoms with Crippen molar-refractivity contribution in [3.8, 4) is 5.75 Å². The topological polar surface area (TPSA) is 35.8 Å². The summed E-state index contributed by atoms with van der Waals surface area (Å²) in [6, 6.07) is 15.5. The Morgan fingerprint density at radius 2 is 1.95 bits per heavy atom. The zero-order valence-corrected chi connectivity index (χ0v) is 12.0. The van der Waals surface area contributed by atoms with Gasteiger partial charge >= 0.3 is 0 Å². The van der Waals surface area contributed by atoms with Gasteiger partial charge in [-0.05, 0) is 29.8 Å². The molecule has 3 nitrogen and oxygen atoms in total. The lowest BCUT2D eigenvalue weighted by atomic mass is 10.1. The van der Waals surface area contributed by atoms with Crippen molar-refractivity contribution in [3.63, 3.8) is 0 Å². The third-order valence-electron chi connectivity index (χ3n) is 3.61. The molecule has 1 N–H and O–H groups in total. The molecule has 2 aromatic carbocycles. The monoisotopic (exact) mass is 278 g/mol. The molecular weight excluding hydrogens is 260 g/mol. The van der Waals surface area contributed by atoms with Crippen LogP contribution >= 0.6 is 0 Å². The Morgan fingerprint density at radius 3 is 2.81 bits per heavy atom. The maximum Gasteiger partial charge on any atom is 0.116 e. The second-order valence-corrected chi connectivity index (χ2v) is 5.13. The Labute approximate surface area is 124 Å². The van der Waals surface area contributed by atoms with E-state index in [0.29, 0.717) is 0 Å². The highest BCUT2D eigenvalue weighted by Crippen LogP contribution is 2.23. The summed E-state index contributed by atoms with van der Waals surface area (Å²) >= 11 is 0. The Balaban J connectivity index is 1.95. The first-order valence-corrected chi connectivity index (χ1v) is 7.06. The number of likely N-dealkylation sites (N-methyl/N-ethyl adjacent to an activating group) is 1. The summed E-state index contributed by atoms with van der Waals surface area (Å²) in [5.41, 5.74) is 4.30. The van der Waals surface area contributed by atoms with Crippen LogP contribution in [0.4, 0.5) is 5.69 Å². The van der Waals surface area contributed by atoms with Crippen molar-refractivity contribution in [2.24, 2.45) is 4.99 Å². The fourth-order valence-electron chi connectivity index (χ4n) is 2.50. The molecule has 1 aliphatic rings. The number of aromatic hydroxyl groups is 1. The van der Waals surface area contributed by atoms with E-state index in [4.69, 9.17) is 0 Å². The first kappa shape index (κ1) is 13.4. The number of benzene rings is 2. The summed E-state index contributed by atoms with van der Waals surface area (Å²) in [5.74, 6) is 0.278. The molecular formula is C18H18N2O. The molecule has 0 fully saturated rings. The van der Waals surface area contributed by atoms with Gasteiger partial charge in [-0.2, -0.15) is 0 Å². The molecule has 0 amide bonds. The number of rotatable bonds is 2. The highest BCUT2D eigenvalue weighted by atomic mass is 16.3. The van der Waals surface area contributed by atoms with E-state index in [-0.39, 0.29) is 5.75 Å². The van der Waals surface area contributed by atoms with Gasteiger partial charge in [-0.3, -0.25) is 4.99 Å². The van der Waals surface area contributed by atoms with E-state index in [2.05, 4.69) is 35.1 Å². The summed E-state index contributed by atoms with van der Waals surface area (Å²) < 4.78 is 0. The lowest BCUT2D eigenvalue weighted by molar-refractivity contribution is 0.475. The van der Waals surface area contributed by atoms with Crippen LogP contribution in [0.3, 0.4) is 0 Å². The third kappa shape index (κ3) is 2.97. The van der Waals surface area contributed by atoms with Gasteiger partial charge in [0, 0.05) is 24.8 Å². The molecule has 0 bridgehead atoms. The molecule has 1 aliphatic heterocycles. The molecule has 3 rings (SSSR count). The van der Waals surface area contributed by atoms with Crippen molar-refractivity contribution in [1.82, 2.24) is 0 Å². The van der Waals surface area contributed by atoms with Crippen molar-refractivity contribution in [1.29, 1.82) is 0 Å². The largest absolute Gasteiger partial charge is 0.508 e. The number of phenols is 1. The quantitative estimate of drug-likeness (QED) is 0.914. The molecule has 0 aromatic heterocycles. The maximum absolute atomic E-state index is 9.52. The first-order chi connectivity index (χ1) is 10.2. The summed E-state index contributed by atoms with van der Waals surface area (Å²) in [7, 11) is 2.09. The van der Waals surface area contributed by atoms with Crippen molar-refractivity contribution in [3.05, 3.63) is 65.7 Å². The second kappa shape index (κ2) is 5.83. The number of nitrogens with zero attached hydrogens (tertiary/aromatic N) is 2. The zero-order valence-electron chi connectivity index (χ0n) is 12.0. The number of phenolic OH excluding ortho intramolecular Hbond substituents is 1. The molecule has 0 aliphatic carbocycles. The minimum Gasteiger partial charge on any atom is -0.508 e. The maximum atomic E-state index is 9.52. The standard InChI is InChI=1S/C18H18N2O/c1-20-12-11-19-17(16-7-2-3-8-18(16)20)10-9-14-5-4-6-15(21)13-14/h2-10,13,21H,11-12H2,1H3/b10-9+. The number of aliphatic imine (C=N–C) groups is 1. The van der Waals surface area contributed by atoms with Crippen LogP contribution in [0, 0.1) is 0 Å². The Kier molecular flexibility index (Phi) is 3.73. The predicted octanol–water partition coefficient (Wildman–Crippen LogP) is 3.34. The van der Waals surface area contributed by atoms with Gasteiger partial charge in [-0.15, -0.1) is 0 Å². The van der Waals surface area contributed by atoms with Crippen molar-refractivity contribution in [2.75, 3.05) is 25.0 Å². The predicted molar refractivity (Wildman–Crippen MR) is 88.3 cm³/mol. The number of hydrogen-bond acceptors (Lipinski definition) is 3. The molecule has 21 heavy (non-hydrogen) atoms. The Morgan fingerprint density at radius 1 is 1.10 bits per heavy atom. The number of anilines is 1. The summed E-state index contributed by atoms with van der Waals surface area (Å²) in [5, 5.41) is 9.52. The van der Waals surface area contributed by atoms with E-state index in [0.717, 1.165) is 29.9 Å². The van der Waals surface area contributed by atoms with Gasteiger partial charge in [0.05, 0.1) is 12.3 Å². The van der Waals surface area contributed by atoms with Crippen LogP contribution in [-0.2, 0) is 0 Å². The number of para-hydroxylation sites is 1. The van der Waals surface area contributed by atoms with E-state index in [1.165, 1.54) is 5.69 Å². The Hall–Kier alpha value is -2.55. The van der Waals surface area contributed by atoms with Crippen molar-refractivity contribution in [2.45, 2.75) is 0 Å². The van der Waals surface area contributed by atoms with Crippen molar-refractivity contribution >= 4 is 17.5 Å². The van der Waals surface area contributed by atoms with Gasteiger partial charge in [0.2, 0.25) is 0 Å². The minimum atomic E-state index is 0.278. The van der Waals surface area contributed by atoms with Crippen LogP contribution in [-0.4, -0.2) is 31.0 Å². The molecule has 0 atom stereocenters. The molecule has 3 heteroatoms. The van der Waals surface area contributed by atoms with E-state index in [1.807, 2.05) is 30.4 Å². The van der Waals surface area contributed by atoms with Crippen LogP contribution in [0.2, 0.25) is 0 Å². The highest BCUT2D eigenvalue weighted by Gasteiger charge is 2.13. The molecule has 0 unspecified atom stereocenters. The molecule has 106 valence electrons. The number of allylic oxidation sites excluding steroid dienone is 1. The summed E-state index contributed by atoms with van der Waals surface area (Å²) in [4.78, 5) is 6.91. The van der Waals surface area contributed by atoms with E-state index in [1.54, 1.807) is 12.1 Å². The normalized spacial score (nSPS) is 14.7. The third-order valence-corrected chi connectivity index (χ3v) is 3.61. The minimum absolute atomic E-state index is 0.278. The average Bonchev–Trinajstić information content (AvgIpc) is 2.65. The summed E-state index contributed by atoms with van der Waals surface area (Å²) in [6.07, 6.45) is 4.01. The fraction of sp³-hybridized carbons (Fsp3) is 0.167. The molecule has 0 saturated carbocycles. The lowest BCUT2D eigenvalue weighted by Gasteiger charge is -2.18. The number of fused-ring (bicyclic) bond motifs is 1. The lowest BCUT2D eigenvalue weighted by Crippen LogP contribution is -2.20. The zero-order chi connectivity index (χ0) is 14.7. The van der Waals surface area contributed by atoms with E-state index < -0.39 is 0 Å².